The summed E-state index contributed by atoms with van der Waals surface area (Å²) in [6.45, 7) is 0.815. The van der Waals surface area contributed by atoms with E-state index in [-0.39, 0.29) is 18.9 Å². The molecule has 0 spiro atoms. The number of nitrogens with one attached hydrogen (secondary N) is 3. The molecule has 94 valence electrons. The predicted molar refractivity (Wildman–Crippen MR) is 50.8 cm³/mol. The number of urea groups is 1. The van der Waals surface area contributed by atoms with E-state index in [1.54, 1.807) is 12.2 Å². The van der Waals surface area contributed by atoms with Gasteiger partial charge in [-0.2, -0.15) is 13.2 Å². The lowest BCUT2D eigenvalue weighted by molar-refractivity contribution is -0.123. The number of halogens is 3. The SMILES string of the molecule is CCNC(=O)CCNC(=O)NCC(F)(F)F. The molecule has 16 heavy (non-hydrogen) atoms. The fourth-order valence-corrected chi connectivity index (χ4v) is 0.818. The minimum atomic E-state index is -4.43. The Morgan fingerprint density at radius 1 is 1.12 bits per heavy atom. The number of rotatable bonds is 5. The van der Waals surface area contributed by atoms with Crippen molar-refractivity contribution >= 4 is 11.9 Å². The van der Waals surface area contributed by atoms with Crippen LogP contribution in [0.4, 0.5) is 18.0 Å². The topological polar surface area (TPSA) is 70.2 Å². The molecule has 5 nitrogen and oxygen atoms in total. The van der Waals surface area contributed by atoms with E-state index in [1.807, 2.05) is 0 Å². The molecular weight excluding hydrogens is 227 g/mol. The van der Waals surface area contributed by atoms with Crippen molar-refractivity contribution in [3.63, 3.8) is 0 Å². The summed E-state index contributed by atoms with van der Waals surface area (Å²) in [5.41, 5.74) is 0. The normalized spacial score (nSPS) is 10.8. The summed E-state index contributed by atoms with van der Waals surface area (Å²) in [6.07, 6.45) is -4.40. The molecule has 0 radical (unpaired) electrons. The van der Waals surface area contributed by atoms with E-state index in [4.69, 9.17) is 0 Å². The van der Waals surface area contributed by atoms with Crippen LogP contribution in [0.3, 0.4) is 0 Å². The second-order valence-corrected chi connectivity index (χ2v) is 2.93. The molecule has 0 fully saturated rings. The molecule has 0 bridgehead atoms. The van der Waals surface area contributed by atoms with Gasteiger partial charge in [0.25, 0.3) is 0 Å². The Morgan fingerprint density at radius 2 is 1.75 bits per heavy atom. The summed E-state index contributed by atoms with van der Waals surface area (Å²) in [5, 5.41) is 6.24. The number of hydrogen-bond acceptors (Lipinski definition) is 2. The first-order chi connectivity index (χ1) is 7.35. The van der Waals surface area contributed by atoms with Crippen LogP contribution < -0.4 is 16.0 Å². The lowest BCUT2D eigenvalue weighted by Crippen LogP contribution is -2.42. The van der Waals surface area contributed by atoms with Crippen LogP contribution in [0.25, 0.3) is 0 Å². The average Bonchev–Trinajstić information content (AvgIpc) is 2.14. The average molecular weight is 241 g/mol. The first kappa shape index (κ1) is 14.5. The Morgan fingerprint density at radius 3 is 2.25 bits per heavy atom. The lowest BCUT2D eigenvalue weighted by Gasteiger charge is -2.09. The zero-order chi connectivity index (χ0) is 12.6. The summed E-state index contributed by atoms with van der Waals surface area (Å²) >= 11 is 0. The van der Waals surface area contributed by atoms with Crippen LogP contribution in [-0.2, 0) is 4.79 Å². The number of amides is 3. The highest BCUT2D eigenvalue weighted by Gasteiger charge is 2.27. The van der Waals surface area contributed by atoms with Crippen molar-refractivity contribution in [2.75, 3.05) is 19.6 Å². The largest absolute Gasteiger partial charge is 0.405 e. The molecular formula is C8H14F3N3O2. The van der Waals surface area contributed by atoms with Gasteiger partial charge in [-0.1, -0.05) is 0 Å². The first-order valence-electron chi connectivity index (χ1n) is 4.70. The van der Waals surface area contributed by atoms with Crippen LogP contribution in [0, 0.1) is 0 Å². The number of hydrogen-bond donors (Lipinski definition) is 3. The maximum absolute atomic E-state index is 11.7. The quantitative estimate of drug-likeness (QED) is 0.651. The Bertz CT molecular complexity index is 243. The van der Waals surface area contributed by atoms with Gasteiger partial charge in [-0.25, -0.2) is 4.79 Å². The molecule has 0 saturated carbocycles. The van der Waals surface area contributed by atoms with E-state index >= 15 is 0 Å². The van der Waals surface area contributed by atoms with Gasteiger partial charge in [-0.15, -0.1) is 0 Å². The molecule has 0 aliphatic carbocycles. The Labute approximate surface area is 90.8 Å². The highest BCUT2D eigenvalue weighted by atomic mass is 19.4. The van der Waals surface area contributed by atoms with E-state index in [1.165, 1.54) is 0 Å². The van der Waals surface area contributed by atoms with Gasteiger partial charge in [0.05, 0.1) is 0 Å². The van der Waals surface area contributed by atoms with Crippen molar-refractivity contribution < 1.29 is 22.8 Å². The van der Waals surface area contributed by atoms with Crippen LogP contribution in [-0.4, -0.2) is 37.7 Å². The Hall–Kier alpha value is -1.47. The third-order valence-electron chi connectivity index (χ3n) is 1.46. The number of carbonyl (C=O) groups excluding carboxylic acids is 2. The molecule has 0 atom stereocenters. The van der Waals surface area contributed by atoms with Crippen molar-refractivity contribution in [2.24, 2.45) is 0 Å². The molecule has 8 heteroatoms. The lowest BCUT2D eigenvalue weighted by atomic mass is 10.4. The fraction of sp³-hybridized carbons (Fsp3) is 0.750. The Balaban J connectivity index is 3.55. The summed E-state index contributed by atoms with van der Waals surface area (Å²) in [6, 6.07) is -0.943. The highest BCUT2D eigenvalue weighted by Crippen LogP contribution is 2.11. The van der Waals surface area contributed by atoms with Crippen molar-refractivity contribution in [3.05, 3.63) is 0 Å². The number of carbonyl (C=O) groups is 2. The minimum Gasteiger partial charge on any atom is -0.356 e. The summed E-state index contributed by atoms with van der Waals surface area (Å²) in [4.78, 5) is 21.7. The van der Waals surface area contributed by atoms with Crippen molar-refractivity contribution in [2.45, 2.75) is 19.5 Å². The van der Waals surface area contributed by atoms with E-state index < -0.39 is 18.8 Å². The molecule has 3 N–H and O–H groups in total. The molecule has 0 rings (SSSR count). The van der Waals surface area contributed by atoms with Crippen LogP contribution in [0.2, 0.25) is 0 Å². The van der Waals surface area contributed by atoms with Gasteiger partial charge in [0.15, 0.2) is 0 Å². The zero-order valence-corrected chi connectivity index (χ0v) is 8.78. The summed E-state index contributed by atoms with van der Waals surface area (Å²) in [7, 11) is 0. The summed E-state index contributed by atoms with van der Waals surface area (Å²) in [5.74, 6) is -0.265. The molecule has 0 aromatic rings. The van der Waals surface area contributed by atoms with Gasteiger partial charge in [0, 0.05) is 19.5 Å². The van der Waals surface area contributed by atoms with Crippen LogP contribution >= 0.6 is 0 Å². The zero-order valence-electron chi connectivity index (χ0n) is 8.78. The molecule has 0 heterocycles. The van der Waals surface area contributed by atoms with Crippen molar-refractivity contribution in [1.82, 2.24) is 16.0 Å². The smallest absolute Gasteiger partial charge is 0.356 e. The van der Waals surface area contributed by atoms with Crippen molar-refractivity contribution in [1.29, 1.82) is 0 Å². The van der Waals surface area contributed by atoms with E-state index in [0.29, 0.717) is 6.54 Å². The molecule has 0 saturated heterocycles. The van der Waals surface area contributed by atoms with Gasteiger partial charge < -0.3 is 16.0 Å². The third-order valence-corrected chi connectivity index (χ3v) is 1.46. The molecule has 0 aliphatic rings. The summed E-state index contributed by atoms with van der Waals surface area (Å²) < 4.78 is 35.0. The third kappa shape index (κ3) is 9.10. The maximum atomic E-state index is 11.7. The van der Waals surface area contributed by atoms with Crippen LogP contribution in [0.5, 0.6) is 0 Å². The standard InChI is InChI=1S/C8H14F3N3O2/c1-2-12-6(15)3-4-13-7(16)14-5-8(9,10)11/h2-5H2,1H3,(H,12,15)(H2,13,14,16). The molecule has 0 aromatic carbocycles. The van der Waals surface area contributed by atoms with Gasteiger partial charge in [-0.05, 0) is 6.92 Å². The van der Waals surface area contributed by atoms with Gasteiger partial charge >= 0.3 is 12.2 Å². The number of alkyl halides is 3. The first-order valence-corrected chi connectivity index (χ1v) is 4.70. The van der Waals surface area contributed by atoms with E-state index in [2.05, 4.69) is 10.6 Å². The van der Waals surface area contributed by atoms with Crippen LogP contribution in [0.1, 0.15) is 13.3 Å². The second kappa shape index (κ2) is 6.91. The molecule has 0 unspecified atom stereocenters. The van der Waals surface area contributed by atoms with Gasteiger partial charge in [0.2, 0.25) is 5.91 Å². The second-order valence-electron chi connectivity index (χ2n) is 2.93. The van der Waals surface area contributed by atoms with E-state index in [0.717, 1.165) is 0 Å². The minimum absolute atomic E-state index is 0.00444. The molecule has 0 aliphatic heterocycles. The fourth-order valence-electron chi connectivity index (χ4n) is 0.818. The van der Waals surface area contributed by atoms with Gasteiger partial charge in [-0.3, -0.25) is 4.79 Å². The highest BCUT2D eigenvalue weighted by molar-refractivity contribution is 5.78. The van der Waals surface area contributed by atoms with Crippen molar-refractivity contribution in [3.8, 4) is 0 Å². The monoisotopic (exact) mass is 241 g/mol. The van der Waals surface area contributed by atoms with Gasteiger partial charge in [0.1, 0.15) is 6.54 Å². The Kier molecular flexibility index (Phi) is 6.28. The predicted octanol–water partition coefficient (Wildman–Crippen LogP) is 0.374. The van der Waals surface area contributed by atoms with Crippen LogP contribution in [0.15, 0.2) is 0 Å². The molecule has 0 aromatic heterocycles. The molecule has 3 amide bonds. The maximum Gasteiger partial charge on any atom is 0.405 e. The van der Waals surface area contributed by atoms with E-state index in [9.17, 15) is 22.8 Å².